The van der Waals surface area contributed by atoms with E-state index in [1.54, 1.807) is 22.2 Å². The molecule has 0 spiro atoms. The normalized spacial score (nSPS) is 10.5. The van der Waals surface area contributed by atoms with E-state index in [2.05, 4.69) is 15.3 Å². The molecule has 6 heteroatoms. The highest BCUT2D eigenvalue weighted by Gasteiger charge is 2.00. The van der Waals surface area contributed by atoms with Crippen molar-refractivity contribution in [1.29, 1.82) is 0 Å². The number of nitrogen functional groups attached to an aromatic ring is 1. The molecule has 0 amide bonds. The van der Waals surface area contributed by atoms with Gasteiger partial charge in [-0.15, -0.1) is 16.4 Å². The molecule has 0 atom stereocenters. The van der Waals surface area contributed by atoms with Crippen molar-refractivity contribution in [2.75, 3.05) is 5.73 Å². The number of anilines is 1. The average molecular weight is 195 g/mol. The predicted octanol–water partition coefficient (Wildman–Crippen LogP) is 0.674. The zero-order valence-electron chi connectivity index (χ0n) is 7.14. The Labute approximate surface area is 79.2 Å². The van der Waals surface area contributed by atoms with Crippen LogP contribution < -0.4 is 5.73 Å². The van der Waals surface area contributed by atoms with Crippen LogP contribution in [0.2, 0.25) is 0 Å². The number of hydrogen-bond donors (Lipinski definition) is 1. The van der Waals surface area contributed by atoms with Crippen LogP contribution in [0.3, 0.4) is 0 Å². The highest BCUT2D eigenvalue weighted by atomic mass is 32.1. The average Bonchev–Trinajstić information content (AvgIpc) is 2.62. The first-order chi connectivity index (χ1) is 6.24. The van der Waals surface area contributed by atoms with Crippen LogP contribution in [0, 0.1) is 6.92 Å². The van der Waals surface area contributed by atoms with Crippen LogP contribution in [0.5, 0.6) is 0 Å². The zero-order valence-corrected chi connectivity index (χ0v) is 7.95. The molecule has 0 unspecified atom stereocenters. The highest BCUT2D eigenvalue weighted by Crippen LogP contribution is 2.12. The molecular weight excluding hydrogens is 186 g/mol. The third-order valence-electron chi connectivity index (χ3n) is 1.54. The maximum atomic E-state index is 5.43. The Hall–Kier alpha value is -1.43. The Morgan fingerprint density at radius 3 is 3.00 bits per heavy atom. The third-order valence-corrected chi connectivity index (χ3v) is 2.44. The van der Waals surface area contributed by atoms with Gasteiger partial charge in [0.1, 0.15) is 0 Å². The van der Waals surface area contributed by atoms with Gasteiger partial charge in [0.25, 0.3) is 0 Å². The number of aryl methyl sites for hydroxylation is 1. The van der Waals surface area contributed by atoms with Gasteiger partial charge in [-0.2, -0.15) is 0 Å². The summed E-state index contributed by atoms with van der Waals surface area (Å²) in [6, 6.07) is 0. The lowest BCUT2D eigenvalue weighted by molar-refractivity contribution is 0.655. The molecule has 68 valence electrons. The van der Waals surface area contributed by atoms with Gasteiger partial charge in [0.15, 0.2) is 5.82 Å². The molecular formula is C7H9N5S. The molecule has 2 N–H and O–H groups in total. The van der Waals surface area contributed by atoms with E-state index in [-0.39, 0.29) is 0 Å². The van der Waals surface area contributed by atoms with Crippen molar-refractivity contribution in [1.82, 2.24) is 20.0 Å². The van der Waals surface area contributed by atoms with E-state index in [0.717, 1.165) is 9.88 Å². The molecule has 0 fully saturated rings. The Morgan fingerprint density at radius 2 is 2.46 bits per heavy atom. The Balaban J connectivity index is 2.14. The Morgan fingerprint density at radius 1 is 1.62 bits per heavy atom. The number of nitrogens with zero attached hydrogens (tertiary/aromatic N) is 4. The minimum absolute atomic E-state index is 0.446. The van der Waals surface area contributed by atoms with Gasteiger partial charge >= 0.3 is 0 Å². The molecule has 0 aromatic carbocycles. The van der Waals surface area contributed by atoms with E-state index in [0.29, 0.717) is 12.4 Å². The van der Waals surface area contributed by atoms with Gasteiger partial charge in [-0.1, -0.05) is 5.21 Å². The van der Waals surface area contributed by atoms with Gasteiger partial charge in [0, 0.05) is 11.1 Å². The summed E-state index contributed by atoms with van der Waals surface area (Å²) in [5, 5.41) is 8.59. The first-order valence-corrected chi connectivity index (χ1v) is 4.62. The van der Waals surface area contributed by atoms with Crippen LogP contribution in [0.4, 0.5) is 5.82 Å². The quantitative estimate of drug-likeness (QED) is 0.764. The minimum atomic E-state index is 0.446. The predicted molar refractivity (Wildman–Crippen MR) is 50.4 cm³/mol. The lowest BCUT2D eigenvalue weighted by Gasteiger charge is -1.93. The third kappa shape index (κ3) is 1.83. The van der Waals surface area contributed by atoms with Gasteiger partial charge in [0.2, 0.25) is 0 Å². The summed E-state index contributed by atoms with van der Waals surface area (Å²) >= 11 is 1.65. The van der Waals surface area contributed by atoms with Crippen molar-refractivity contribution in [2.45, 2.75) is 13.5 Å². The van der Waals surface area contributed by atoms with Crippen molar-refractivity contribution in [3.63, 3.8) is 0 Å². The monoisotopic (exact) mass is 195 g/mol. The molecule has 13 heavy (non-hydrogen) atoms. The van der Waals surface area contributed by atoms with E-state index in [1.807, 2.05) is 13.1 Å². The van der Waals surface area contributed by atoms with Crippen molar-refractivity contribution in [3.05, 3.63) is 22.3 Å². The number of nitrogens with two attached hydrogens (primary N) is 1. The second kappa shape index (κ2) is 3.14. The maximum absolute atomic E-state index is 5.43. The van der Waals surface area contributed by atoms with Crippen LogP contribution in [-0.2, 0) is 6.54 Å². The highest BCUT2D eigenvalue weighted by molar-refractivity contribution is 7.11. The summed E-state index contributed by atoms with van der Waals surface area (Å²) < 4.78 is 1.70. The largest absolute Gasteiger partial charge is 0.381 e. The number of aromatic nitrogens is 4. The van der Waals surface area contributed by atoms with Crippen LogP contribution in [0.25, 0.3) is 0 Å². The summed E-state index contributed by atoms with van der Waals surface area (Å²) in [5.74, 6) is 0.446. The molecule has 0 bridgehead atoms. The molecule has 0 saturated carbocycles. The molecule has 0 saturated heterocycles. The van der Waals surface area contributed by atoms with Gasteiger partial charge in [-0.25, -0.2) is 9.67 Å². The summed E-state index contributed by atoms with van der Waals surface area (Å²) in [5.41, 5.74) is 5.43. The smallest absolute Gasteiger partial charge is 0.165 e. The standard InChI is InChI=1S/C7H9N5S/c1-5-9-2-6(13-5)3-12-4-7(8)10-11-12/h2,4H,3,8H2,1H3. The molecule has 2 aromatic rings. The fourth-order valence-electron chi connectivity index (χ4n) is 1.03. The Bertz CT molecular complexity index is 366. The fourth-order valence-corrected chi connectivity index (χ4v) is 1.82. The Kier molecular flexibility index (Phi) is 1.97. The van der Waals surface area contributed by atoms with Gasteiger partial charge in [-0.3, -0.25) is 0 Å². The van der Waals surface area contributed by atoms with E-state index in [9.17, 15) is 0 Å². The summed E-state index contributed by atoms with van der Waals surface area (Å²) in [7, 11) is 0. The van der Waals surface area contributed by atoms with E-state index in [4.69, 9.17) is 5.73 Å². The number of thiazole rings is 1. The van der Waals surface area contributed by atoms with Crippen molar-refractivity contribution >= 4 is 17.2 Å². The van der Waals surface area contributed by atoms with Gasteiger partial charge < -0.3 is 5.73 Å². The van der Waals surface area contributed by atoms with Crippen molar-refractivity contribution in [2.24, 2.45) is 0 Å². The van der Waals surface area contributed by atoms with Crippen LogP contribution in [-0.4, -0.2) is 20.0 Å². The van der Waals surface area contributed by atoms with Gasteiger partial charge in [-0.05, 0) is 6.92 Å². The van der Waals surface area contributed by atoms with Crippen molar-refractivity contribution < 1.29 is 0 Å². The molecule has 0 aliphatic carbocycles. The maximum Gasteiger partial charge on any atom is 0.165 e. The van der Waals surface area contributed by atoms with Crippen LogP contribution in [0.1, 0.15) is 9.88 Å². The topological polar surface area (TPSA) is 69.6 Å². The van der Waals surface area contributed by atoms with E-state index < -0.39 is 0 Å². The molecule has 2 rings (SSSR count). The molecule has 2 aromatic heterocycles. The summed E-state index contributed by atoms with van der Waals surface area (Å²) in [6.45, 7) is 2.67. The van der Waals surface area contributed by atoms with E-state index >= 15 is 0 Å². The van der Waals surface area contributed by atoms with Crippen LogP contribution in [0.15, 0.2) is 12.4 Å². The van der Waals surface area contributed by atoms with Crippen molar-refractivity contribution in [3.8, 4) is 0 Å². The molecule has 5 nitrogen and oxygen atoms in total. The first-order valence-electron chi connectivity index (χ1n) is 3.81. The number of rotatable bonds is 2. The summed E-state index contributed by atoms with van der Waals surface area (Å²) in [6.07, 6.45) is 3.55. The second-order valence-electron chi connectivity index (χ2n) is 2.69. The first kappa shape index (κ1) is 8.18. The lowest BCUT2D eigenvalue weighted by atomic mass is 10.5. The molecule has 0 radical (unpaired) electrons. The zero-order chi connectivity index (χ0) is 9.26. The van der Waals surface area contributed by atoms with Gasteiger partial charge in [0.05, 0.1) is 17.7 Å². The second-order valence-corrected chi connectivity index (χ2v) is 4.01. The van der Waals surface area contributed by atoms with E-state index in [1.165, 1.54) is 0 Å². The minimum Gasteiger partial charge on any atom is -0.381 e. The molecule has 0 aliphatic heterocycles. The fraction of sp³-hybridized carbons (Fsp3) is 0.286. The SMILES string of the molecule is Cc1ncc(Cn2cc(N)nn2)s1. The summed E-state index contributed by atoms with van der Waals surface area (Å²) in [4.78, 5) is 5.30. The van der Waals surface area contributed by atoms with Crippen LogP contribution >= 0.6 is 11.3 Å². The molecule has 0 aliphatic rings. The number of hydrogen-bond acceptors (Lipinski definition) is 5. The molecule has 2 heterocycles. The lowest BCUT2D eigenvalue weighted by Crippen LogP contribution is -1.98.